The van der Waals surface area contributed by atoms with E-state index in [1.165, 1.54) is 12.3 Å². The van der Waals surface area contributed by atoms with Crippen LogP contribution >= 0.6 is 11.6 Å². The zero-order chi connectivity index (χ0) is 12.3. The van der Waals surface area contributed by atoms with Crippen LogP contribution < -0.4 is 10.5 Å². The van der Waals surface area contributed by atoms with E-state index in [1.807, 2.05) is 6.07 Å². The van der Waals surface area contributed by atoms with Gasteiger partial charge in [-0.1, -0.05) is 11.6 Å². The zero-order valence-corrected chi connectivity index (χ0v) is 9.35. The minimum absolute atomic E-state index is 0.115. The predicted octanol–water partition coefficient (Wildman–Crippen LogP) is 2.38. The summed E-state index contributed by atoms with van der Waals surface area (Å²) in [6.45, 7) is 0. The van der Waals surface area contributed by atoms with Crippen molar-refractivity contribution in [3.8, 4) is 17.7 Å². The van der Waals surface area contributed by atoms with Crippen molar-refractivity contribution >= 4 is 17.3 Å². The lowest BCUT2D eigenvalue weighted by atomic mass is 10.3. The van der Waals surface area contributed by atoms with E-state index in [2.05, 4.69) is 10.2 Å². The molecular formula is C11H7ClN4O. The first-order valence-corrected chi connectivity index (χ1v) is 5.03. The number of nitrogens with zero attached hydrogens (tertiary/aromatic N) is 3. The summed E-state index contributed by atoms with van der Waals surface area (Å²) in [5.41, 5.74) is 6.37. The number of rotatable bonds is 2. The lowest BCUT2D eigenvalue weighted by Crippen LogP contribution is -1.96. The highest BCUT2D eigenvalue weighted by atomic mass is 35.5. The van der Waals surface area contributed by atoms with E-state index in [4.69, 9.17) is 27.3 Å². The van der Waals surface area contributed by atoms with Crippen LogP contribution in [0.4, 0.5) is 5.69 Å². The normalized spacial score (nSPS) is 9.65. The monoisotopic (exact) mass is 246 g/mol. The summed E-state index contributed by atoms with van der Waals surface area (Å²) in [6, 6.07) is 8.25. The Morgan fingerprint density at radius 3 is 2.88 bits per heavy atom. The first-order chi connectivity index (χ1) is 8.20. The van der Waals surface area contributed by atoms with E-state index in [1.54, 1.807) is 18.2 Å². The van der Waals surface area contributed by atoms with Crippen LogP contribution in [0.2, 0.25) is 5.02 Å². The summed E-state index contributed by atoms with van der Waals surface area (Å²) >= 11 is 5.76. The average molecular weight is 247 g/mol. The van der Waals surface area contributed by atoms with Gasteiger partial charge in [0.1, 0.15) is 11.6 Å². The summed E-state index contributed by atoms with van der Waals surface area (Å²) < 4.78 is 5.41. The Balaban J connectivity index is 2.35. The van der Waals surface area contributed by atoms with Crippen molar-refractivity contribution in [1.29, 1.82) is 5.26 Å². The van der Waals surface area contributed by atoms with Gasteiger partial charge in [-0.05, 0) is 24.3 Å². The fourth-order valence-corrected chi connectivity index (χ4v) is 1.38. The van der Waals surface area contributed by atoms with E-state index in [0.717, 1.165) is 0 Å². The first kappa shape index (κ1) is 11.2. The second-order valence-corrected chi connectivity index (χ2v) is 3.58. The molecule has 84 valence electrons. The van der Waals surface area contributed by atoms with Crippen molar-refractivity contribution in [2.75, 3.05) is 5.73 Å². The molecule has 0 radical (unpaired) electrons. The van der Waals surface area contributed by atoms with Gasteiger partial charge in [-0.3, -0.25) is 0 Å². The zero-order valence-electron chi connectivity index (χ0n) is 8.59. The molecule has 1 aromatic carbocycles. The molecule has 0 aliphatic heterocycles. The predicted molar refractivity (Wildman–Crippen MR) is 62.7 cm³/mol. The third kappa shape index (κ3) is 2.44. The summed E-state index contributed by atoms with van der Waals surface area (Å²) in [7, 11) is 0. The summed E-state index contributed by atoms with van der Waals surface area (Å²) in [5, 5.41) is 16.7. The van der Waals surface area contributed by atoms with Crippen LogP contribution in [0.5, 0.6) is 11.6 Å². The number of halogens is 1. The Hall–Kier alpha value is -2.32. The van der Waals surface area contributed by atoms with E-state index < -0.39 is 0 Å². The lowest BCUT2D eigenvalue weighted by molar-refractivity contribution is 0.455. The first-order valence-electron chi connectivity index (χ1n) is 4.65. The molecule has 2 rings (SSSR count). The standard InChI is InChI=1S/C11H7ClN4O/c12-8-1-2-10(9(14)5-8)17-11-7(6-13)3-4-15-16-11/h1-5H,14H2. The van der Waals surface area contributed by atoms with Crippen molar-refractivity contribution in [3.05, 3.63) is 41.0 Å². The Morgan fingerprint density at radius 1 is 1.35 bits per heavy atom. The maximum Gasteiger partial charge on any atom is 0.257 e. The second kappa shape index (κ2) is 4.68. The molecule has 0 fully saturated rings. The minimum Gasteiger partial charge on any atom is -0.434 e. The number of hydrogen-bond donors (Lipinski definition) is 1. The molecule has 0 amide bonds. The molecule has 0 aliphatic rings. The smallest absolute Gasteiger partial charge is 0.257 e. The molecule has 1 heterocycles. The van der Waals surface area contributed by atoms with Crippen LogP contribution in [0.1, 0.15) is 5.56 Å². The molecule has 1 aromatic heterocycles. The molecule has 0 aliphatic carbocycles. The molecule has 0 saturated heterocycles. The molecular weight excluding hydrogens is 240 g/mol. The number of benzene rings is 1. The van der Waals surface area contributed by atoms with Crippen molar-refractivity contribution in [2.45, 2.75) is 0 Å². The van der Waals surface area contributed by atoms with Gasteiger partial charge in [0.05, 0.1) is 11.9 Å². The van der Waals surface area contributed by atoms with Crippen LogP contribution in [0.25, 0.3) is 0 Å². The molecule has 5 nitrogen and oxygen atoms in total. The largest absolute Gasteiger partial charge is 0.434 e. The van der Waals surface area contributed by atoms with Gasteiger partial charge in [0, 0.05) is 5.02 Å². The van der Waals surface area contributed by atoms with Crippen LogP contribution in [0.3, 0.4) is 0 Å². The maximum absolute atomic E-state index is 8.86. The van der Waals surface area contributed by atoms with Crippen LogP contribution in [-0.2, 0) is 0 Å². The van der Waals surface area contributed by atoms with Gasteiger partial charge in [0.25, 0.3) is 5.88 Å². The van der Waals surface area contributed by atoms with Crippen LogP contribution in [0.15, 0.2) is 30.5 Å². The van der Waals surface area contributed by atoms with Gasteiger partial charge < -0.3 is 10.5 Å². The number of nitrogen functional groups attached to an aromatic ring is 1. The Bertz CT molecular complexity index is 594. The molecule has 17 heavy (non-hydrogen) atoms. The van der Waals surface area contributed by atoms with Gasteiger partial charge in [0.15, 0.2) is 5.75 Å². The molecule has 6 heteroatoms. The average Bonchev–Trinajstić information content (AvgIpc) is 2.33. The summed E-state index contributed by atoms with van der Waals surface area (Å²) in [4.78, 5) is 0. The van der Waals surface area contributed by atoms with Crippen LogP contribution in [0, 0.1) is 11.3 Å². The van der Waals surface area contributed by atoms with Crippen molar-refractivity contribution in [1.82, 2.24) is 10.2 Å². The van der Waals surface area contributed by atoms with Gasteiger partial charge in [-0.25, -0.2) is 0 Å². The SMILES string of the molecule is N#Cc1ccnnc1Oc1ccc(Cl)cc1N. The van der Waals surface area contributed by atoms with E-state index in [-0.39, 0.29) is 11.4 Å². The summed E-state index contributed by atoms with van der Waals surface area (Å²) in [5.74, 6) is 0.496. The van der Waals surface area contributed by atoms with Crippen molar-refractivity contribution < 1.29 is 4.74 Å². The Kier molecular flexibility index (Phi) is 3.08. The number of nitriles is 1. The fraction of sp³-hybridized carbons (Fsp3) is 0. The van der Waals surface area contributed by atoms with Crippen LogP contribution in [-0.4, -0.2) is 10.2 Å². The third-order valence-electron chi connectivity index (χ3n) is 1.99. The maximum atomic E-state index is 8.86. The van der Waals surface area contributed by atoms with Gasteiger partial charge in [-0.15, -0.1) is 5.10 Å². The molecule has 0 spiro atoms. The number of ether oxygens (including phenoxy) is 1. The van der Waals surface area contributed by atoms with Crippen molar-refractivity contribution in [2.24, 2.45) is 0 Å². The molecule has 0 atom stereocenters. The highest BCUT2D eigenvalue weighted by molar-refractivity contribution is 6.30. The molecule has 0 unspecified atom stereocenters. The van der Waals surface area contributed by atoms with Gasteiger partial charge in [-0.2, -0.15) is 10.4 Å². The van der Waals surface area contributed by atoms with E-state index in [9.17, 15) is 0 Å². The number of aromatic nitrogens is 2. The molecule has 2 N–H and O–H groups in total. The quantitative estimate of drug-likeness (QED) is 0.823. The molecule has 0 saturated carbocycles. The summed E-state index contributed by atoms with van der Waals surface area (Å²) in [6.07, 6.45) is 1.41. The topological polar surface area (TPSA) is 84.8 Å². The lowest BCUT2D eigenvalue weighted by Gasteiger charge is -2.07. The number of hydrogen-bond acceptors (Lipinski definition) is 5. The van der Waals surface area contributed by atoms with E-state index >= 15 is 0 Å². The third-order valence-corrected chi connectivity index (χ3v) is 2.22. The van der Waals surface area contributed by atoms with Crippen molar-refractivity contribution in [3.63, 3.8) is 0 Å². The fourth-order valence-electron chi connectivity index (χ4n) is 1.20. The second-order valence-electron chi connectivity index (χ2n) is 3.15. The number of anilines is 1. The Morgan fingerprint density at radius 2 is 2.18 bits per heavy atom. The minimum atomic E-state index is 0.115. The van der Waals surface area contributed by atoms with E-state index in [0.29, 0.717) is 16.5 Å². The van der Waals surface area contributed by atoms with Gasteiger partial charge in [0.2, 0.25) is 0 Å². The molecule has 0 bridgehead atoms. The number of nitrogens with two attached hydrogens (primary N) is 1. The van der Waals surface area contributed by atoms with Gasteiger partial charge >= 0.3 is 0 Å². The highest BCUT2D eigenvalue weighted by Crippen LogP contribution is 2.29. The molecule has 2 aromatic rings. The Labute approximate surface area is 102 Å². The highest BCUT2D eigenvalue weighted by Gasteiger charge is 2.08.